The summed E-state index contributed by atoms with van der Waals surface area (Å²) in [7, 11) is 0. The number of rotatable bonds is 6. The van der Waals surface area contributed by atoms with Gasteiger partial charge in [0.25, 0.3) is 0 Å². The van der Waals surface area contributed by atoms with Gasteiger partial charge in [-0.1, -0.05) is 6.42 Å². The molecule has 5 nitrogen and oxygen atoms in total. The first-order valence-electron chi connectivity index (χ1n) is 9.52. The summed E-state index contributed by atoms with van der Waals surface area (Å²) in [5, 5.41) is 2.98. The molecule has 5 heteroatoms. The molecule has 3 aliphatic heterocycles. The zero-order valence-corrected chi connectivity index (χ0v) is 14.5. The first-order valence-corrected chi connectivity index (χ1v) is 9.52. The summed E-state index contributed by atoms with van der Waals surface area (Å²) in [6.45, 7) is 5.67. The molecule has 1 saturated carbocycles. The number of nitrogens with zero attached hydrogens (tertiary/aromatic N) is 2. The summed E-state index contributed by atoms with van der Waals surface area (Å²) < 4.78 is 5.27. The van der Waals surface area contributed by atoms with Crippen LogP contribution < -0.4 is 5.32 Å². The Bertz CT molecular complexity index is 541. The van der Waals surface area contributed by atoms with Crippen LogP contribution in [0.25, 0.3) is 0 Å². The third-order valence-corrected chi connectivity index (χ3v) is 6.03. The zero-order chi connectivity index (χ0) is 16.4. The number of amides is 1. The predicted octanol–water partition coefficient (Wildman–Crippen LogP) is 2.09. The molecule has 1 amide bonds. The number of carbonyl (C=O) groups is 1. The van der Waals surface area contributed by atoms with E-state index in [0.717, 1.165) is 30.7 Å². The average molecular weight is 331 g/mol. The van der Waals surface area contributed by atoms with Crippen LogP contribution in [-0.4, -0.2) is 54.5 Å². The number of hydrogen-bond acceptors (Lipinski definition) is 4. The van der Waals surface area contributed by atoms with Gasteiger partial charge in [-0.05, 0) is 49.7 Å². The van der Waals surface area contributed by atoms with E-state index in [9.17, 15) is 4.79 Å². The van der Waals surface area contributed by atoms with E-state index >= 15 is 0 Å². The van der Waals surface area contributed by atoms with Gasteiger partial charge in [-0.2, -0.15) is 0 Å². The monoisotopic (exact) mass is 331 g/mol. The van der Waals surface area contributed by atoms with E-state index in [1.807, 2.05) is 12.1 Å². The van der Waals surface area contributed by atoms with Crippen LogP contribution in [0.15, 0.2) is 22.8 Å². The van der Waals surface area contributed by atoms with Crippen molar-refractivity contribution >= 4 is 5.91 Å². The standard InChI is InChI=1S/C19H29N3O2/c23-19(20-9-18-5-2-8-24-18)14-21-10-16-6-7-17(13-21)22(12-16)11-15-3-1-4-15/h2,5,8,15-17H,1,3-4,6-7,9-14H2,(H,20,23)/t16-,17+/m0/s1. The molecule has 132 valence electrons. The van der Waals surface area contributed by atoms with Crippen molar-refractivity contribution in [2.45, 2.75) is 44.7 Å². The van der Waals surface area contributed by atoms with E-state index in [0.29, 0.717) is 19.1 Å². The molecule has 4 heterocycles. The van der Waals surface area contributed by atoms with Gasteiger partial charge in [0.15, 0.2) is 0 Å². The summed E-state index contributed by atoms with van der Waals surface area (Å²) >= 11 is 0. The largest absolute Gasteiger partial charge is 0.467 e. The summed E-state index contributed by atoms with van der Waals surface area (Å²) in [5.41, 5.74) is 0. The number of piperidine rings is 1. The van der Waals surface area contributed by atoms with Crippen molar-refractivity contribution < 1.29 is 9.21 Å². The molecule has 3 saturated heterocycles. The molecule has 0 radical (unpaired) electrons. The minimum Gasteiger partial charge on any atom is -0.467 e. The Morgan fingerprint density at radius 1 is 1.21 bits per heavy atom. The van der Waals surface area contributed by atoms with Crippen LogP contribution in [-0.2, 0) is 11.3 Å². The van der Waals surface area contributed by atoms with Gasteiger partial charge in [0, 0.05) is 32.2 Å². The first kappa shape index (κ1) is 16.2. The minimum absolute atomic E-state index is 0.109. The number of furan rings is 1. The molecule has 2 atom stereocenters. The summed E-state index contributed by atoms with van der Waals surface area (Å²) in [6, 6.07) is 4.40. The fourth-order valence-corrected chi connectivity index (χ4v) is 4.49. The molecular weight excluding hydrogens is 302 g/mol. The molecule has 24 heavy (non-hydrogen) atoms. The smallest absolute Gasteiger partial charge is 0.234 e. The van der Waals surface area contributed by atoms with Crippen LogP contribution >= 0.6 is 0 Å². The molecule has 1 N–H and O–H groups in total. The molecule has 5 rings (SSSR count). The van der Waals surface area contributed by atoms with Gasteiger partial charge in [-0.3, -0.25) is 14.6 Å². The van der Waals surface area contributed by atoms with E-state index in [1.54, 1.807) is 6.26 Å². The lowest BCUT2D eigenvalue weighted by atomic mass is 9.83. The fourth-order valence-electron chi connectivity index (χ4n) is 4.49. The third-order valence-electron chi connectivity index (χ3n) is 6.03. The van der Waals surface area contributed by atoms with Gasteiger partial charge in [-0.15, -0.1) is 0 Å². The number of carbonyl (C=O) groups excluding carboxylic acids is 1. The van der Waals surface area contributed by atoms with Gasteiger partial charge in [0.2, 0.25) is 5.91 Å². The molecule has 4 aliphatic rings. The van der Waals surface area contributed by atoms with Crippen LogP contribution in [0.3, 0.4) is 0 Å². The van der Waals surface area contributed by atoms with E-state index in [2.05, 4.69) is 15.1 Å². The molecule has 1 aromatic rings. The van der Waals surface area contributed by atoms with Crippen molar-refractivity contribution in [1.82, 2.24) is 15.1 Å². The predicted molar refractivity (Wildman–Crippen MR) is 92.4 cm³/mol. The lowest BCUT2D eigenvalue weighted by Gasteiger charge is -2.40. The number of fused-ring (bicyclic) bond motifs is 4. The summed E-state index contributed by atoms with van der Waals surface area (Å²) in [4.78, 5) is 17.4. The summed E-state index contributed by atoms with van der Waals surface area (Å²) in [5.74, 6) is 2.60. The lowest BCUT2D eigenvalue weighted by Crippen LogP contribution is -2.47. The fraction of sp³-hybridized carbons (Fsp3) is 0.737. The SMILES string of the molecule is O=C(CN1C[C@@H]2CC[C@H](C1)N(CC1CCC1)C2)NCc1ccco1. The van der Waals surface area contributed by atoms with E-state index < -0.39 is 0 Å². The Balaban J connectivity index is 1.27. The Labute approximate surface area is 144 Å². The number of nitrogens with one attached hydrogen (secondary N) is 1. The van der Waals surface area contributed by atoms with Crippen LogP contribution in [0.1, 0.15) is 37.9 Å². The maximum atomic E-state index is 12.3. The molecule has 2 bridgehead atoms. The Morgan fingerprint density at radius 2 is 2.12 bits per heavy atom. The molecule has 1 aromatic heterocycles. The van der Waals surface area contributed by atoms with E-state index in [4.69, 9.17) is 4.42 Å². The highest BCUT2D eigenvalue weighted by Crippen LogP contribution is 2.33. The Kier molecular flexibility index (Phi) is 4.90. The highest BCUT2D eigenvalue weighted by molar-refractivity contribution is 5.77. The molecule has 0 unspecified atom stereocenters. The topological polar surface area (TPSA) is 48.7 Å². The second kappa shape index (κ2) is 7.28. The van der Waals surface area contributed by atoms with Crippen molar-refractivity contribution in [3.63, 3.8) is 0 Å². The van der Waals surface area contributed by atoms with E-state index in [1.165, 1.54) is 45.2 Å². The minimum atomic E-state index is 0.109. The van der Waals surface area contributed by atoms with Gasteiger partial charge in [0.05, 0.1) is 19.4 Å². The van der Waals surface area contributed by atoms with Crippen molar-refractivity contribution in [1.29, 1.82) is 0 Å². The Hall–Kier alpha value is -1.33. The molecule has 0 spiro atoms. The third kappa shape index (κ3) is 3.83. The first-order chi connectivity index (χ1) is 11.8. The number of hydrogen-bond donors (Lipinski definition) is 1. The highest BCUT2D eigenvalue weighted by Gasteiger charge is 2.36. The van der Waals surface area contributed by atoms with Gasteiger partial charge in [0.1, 0.15) is 5.76 Å². The molecule has 4 fully saturated rings. The van der Waals surface area contributed by atoms with Gasteiger partial charge >= 0.3 is 0 Å². The second-order valence-corrected chi connectivity index (χ2v) is 7.90. The quantitative estimate of drug-likeness (QED) is 0.867. The van der Waals surface area contributed by atoms with Crippen molar-refractivity contribution in [3.8, 4) is 0 Å². The second-order valence-electron chi connectivity index (χ2n) is 7.90. The van der Waals surface area contributed by atoms with Crippen molar-refractivity contribution in [3.05, 3.63) is 24.2 Å². The lowest BCUT2D eigenvalue weighted by molar-refractivity contribution is -0.122. The average Bonchev–Trinajstić information content (AvgIpc) is 2.91. The van der Waals surface area contributed by atoms with Crippen LogP contribution in [0.2, 0.25) is 0 Å². The summed E-state index contributed by atoms with van der Waals surface area (Å²) in [6.07, 6.45) is 8.55. The molecule has 0 aromatic carbocycles. The normalized spacial score (nSPS) is 28.5. The van der Waals surface area contributed by atoms with E-state index in [-0.39, 0.29) is 5.91 Å². The van der Waals surface area contributed by atoms with Crippen molar-refractivity contribution in [2.75, 3.05) is 32.7 Å². The van der Waals surface area contributed by atoms with Crippen LogP contribution in [0.4, 0.5) is 0 Å². The maximum Gasteiger partial charge on any atom is 0.234 e. The van der Waals surface area contributed by atoms with Crippen LogP contribution in [0.5, 0.6) is 0 Å². The van der Waals surface area contributed by atoms with Crippen molar-refractivity contribution in [2.24, 2.45) is 11.8 Å². The van der Waals surface area contributed by atoms with Gasteiger partial charge in [-0.25, -0.2) is 0 Å². The van der Waals surface area contributed by atoms with Gasteiger partial charge < -0.3 is 9.73 Å². The maximum absolute atomic E-state index is 12.3. The van der Waals surface area contributed by atoms with Crippen LogP contribution in [0, 0.1) is 11.8 Å². The molecular formula is C19H29N3O2. The molecule has 1 aliphatic carbocycles. The highest BCUT2D eigenvalue weighted by atomic mass is 16.3. The zero-order valence-electron chi connectivity index (χ0n) is 14.5. The Morgan fingerprint density at radius 3 is 2.88 bits per heavy atom.